The van der Waals surface area contributed by atoms with Crippen molar-refractivity contribution in [2.45, 2.75) is 0 Å². The standard InChI is InChI=1S/C27H26BrN5O3/c28-22-5-1-21(2-6-22)27(34)29-23-7-3-20(4-8-23)26-19-33(31-30-26)24-9-11-25(12-10-24)36-18-15-32-13-16-35-17-14-32/h1-12,19H,13-18H2,(H,29,34). The van der Waals surface area contributed by atoms with Crippen LogP contribution in [0.1, 0.15) is 10.4 Å². The molecular formula is C27H26BrN5O3. The Hall–Kier alpha value is -3.53. The van der Waals surface area contributed by atoms with E-state index in [4.69, 9.17) is 9.47 Å². The van der Waals surface area contributed by atoms with E-state index in [9.17, 15) is 4.79 Å². The smallest absolute Gasteiger partial charge is 0.255 e. The summed E-state index contributed by atoms with van der Waals surface area (Å²) in [6.45, 7) is 5.04. The van der Waals surface area contributed by atoms with Crippen LogP contribution >= 0.6 is 15.9 Å². The number of nitrogens with zero attached hydrogens (tertiary/aromatic N) is 4. The van der Waals surface area contributed by atoms with Crippen molar-refractivity contribution in [2.24, 2.45) is 0 Å². The predicted octanol–water partition coefficient (Wildman–Crippen LogP) is 4.66. The first-order valence-electron chi connectivity index (χ1n) is 11.8. The molecule has 0 atom stereocenters. The van der Waals surface area contributed by atoms with Gasteiger partial charge < -0.3 is 14.8 Å². The lowest BCUT2D eigenvalue weighted by atomic mass is 10.1. The van der Waals surface area contributed by atoms with Crippen molar-refractivity contribution >= 4 is 27.5 Å². The molecule has 184 valence electrons. The molecule has 2 heterocycles. The molecule has 0 aliphatic carbocycles. The van der Waals surface area contributed by atoms with Gasteiger partial charge in [0.1, 0.15) is 18.1 Å². The first-order chi connectivity index (χ1) is 17.6. The second-order valence-corrected chi connectivity index (χ2v) is 9.30. The highest BCUT2D eigenvalue weighted by Gasteiger charge is 2.11. The number of nitrogens with one attached hydrogen (secondary N) is 1. The monoisotopic (exact) mass is 547 g/mol. The highest BCUT2D eigenvalue weighted by Crippen LogP contribution is 2.22. The number of halogens is 1. The SMILES string of the molecule is O=C(Nc1ccc(-c2cn(-c3ccc(OCCN4CCOCC4)cc3)nn2)cc1)c1ccc(Br)cc1. The number of rotatable bonds is 8. The number of carbonyl (C=O) groups excluding carboxylic acids is 1. The van der Waals surface area contributed by atoms with E-state index in [1.54, 1.807) is 16.8 Å². The van der Waals surface area contributed by atoms with Gasteiger partial charge in [-0.05, 0) is 60.7 Å². The molecule has 0 radical (unpaired) electrons. The minimum atomic E-state index is -0.158. The summed E-state index contributed by atoms with van der Waals surface area (Å²) in [6.07, 6.45) is 1.88. The molecule has 9 heteroatoms. The van der Waals surface area contributed by atoms with Crippen LogP contribution in [-0.2, 0) is 4.74 Å². The van der Waals surface area contributed by atoms with E-state index in [0.29, 0.717) is 17.9 Å². The van der Waals surface area contributed by atoms with Gasteiger partial charge in [0.25, 0.3) is 5.91 Å². The molecule has 0 spiro atoms. The van der Waals surface area contributed by atoms with Gasteiger partial charge in [0, 0.05) is 40.9 Å². The minimum Gasteiger partial charge on any atom is -0.492 e. The summed E-state index contributed by atoms with van der Waals surface area (Å²) in [5, 5.41) is 11.5. The molecule has 1 amide bonds. The highest BCUT2D eigenvalue weighted by atomic mass is 79.9. The molecule has 1 aliphatic rings. The Balaban J connectivity index is 1.16. The molecule has 5 rings (SSSR count). The van der Waals surface area contributed by atoms with Gasteiger partial charge in [0.15, 0.2) is 0 Å². The molecule has 1 saturated heterocycles. The minimum absolute atomic E-state index is 0.158. The number of ether oxygens (including phenoxy) is 2. The van der Waals surface area contributed by atoms with E-state index < -0.39 is 0 Å². The molecular weight excluding hydrogens is 522 g/mol. The zero-order valence-electron chi connectivity index (χ0n) is 19.6. The van der Waals surface area contributed by atoms with Crippen LogP contribution in [0.25, 0.3) is 16.9 Å². The van der Waals surface area contributed by atoms with Crippen molar-refractivity contribution in [2.75, 3.05) is 44.8 Å². The van der Waals surface area contributed by atoms with Crippen LogP contribution in [0.3, 0.4) is 0 Å². The molecule has 1 aromatic heterocycles. The molecule has 36 heavy (non-hydrogen) atoms. The van der Waals surface area contributed by atoms with Gasteiger partial charge in [-0.2, -0.15) is 0 Å². The second-order valence-electron chi connectivity index (χ2n) is 8.38. The van der Waals surface area contributed by atoms with Crippen molar-refractivity contribution in [3.63, 3.8) is 0 Å². The Morgan fingerprint density at radius 2 is 1.69 bits per heavy atom. The van der Waals surface area contributed by atoms with E-state index in [1.807, 2.05) is 66.9 Å². The van der Waals surface area contributed by atoms with E-state index >= 15 is 0 Å². The van der Waals surface area contributed by atoms with E-state index in [0.717, 1.165) is 60.0 Å². The summed E-state index contributed by atoms with van der Waals surface area (Å²) in [7, 11) is 0. The Morgan fingerprint density at radius 1 is 0.972 bits per heavy atom. The fraction of sp³-hybridized carbons (Fsp3) is 0.222. The summed E-state index contributed by atoms with van der Waals surface area (Å²) in [5.41, 5.74) is 3.85. The molecule has 0 bridgehead atoms. The van der Waals surface area contributed by atoms with Gasteiger partial charge >= 0.3 is 0 Å². The molecule has 1 aliphatic heterocycles. The van der Waals surface area contributed by atoms with Crippen molar-refractivity contribution in [1.82, 2.24) is 19.9 Å². The number of aromatic nitrogens is 3. The van der Waals surface area contributed by atoms with Gasteiger partial charge in [-0.1, -0.05) is 33.3 Å². The van der Waals surface area contributed by atoms with E-state index in [-0.39, 0.29) is 5.91 Å². The van der Waals surface area contributed by atoms with Gasteiger partial charge in [0.05, 0.1) is 25.1 Å². The van der Waals surface area contributed by atoms with Crippen LogP contribution in [-0.4, -0.2) is 65.3 Å². The maximum Gasteiger partial charge on any atom is 0.255 e. The quantitative estimate of drug-likeness (QED) is 0.345. The lowest BCUT2D eigenvalue weighted by Gasteiger charge is -2.26. The maximum absolute atomic E-state index is 12.4. The Labute approximate surface area is 218 Å². The predicted molar refractivity (Wildman–Crippen MR) is 142 cm³/mol. The third-order valence-electron chi connectivity index (χ3n) is 5.92. The Kier molecular flexibility index (Phi) is 7.70. The first kappa shape index (κ1) is 24.2. The van der Waals surface area contributed by atoms with Crippen LogP contribution in [0.4, 0.5) is 5.69 Å². The third kappa shape index (κ3) is 6.17. The first-order valence-corrected chi connectivity index (χ1v) is 12.6. The second kappa shape index (κ2) is 11.5. The van der Waals surface area contributed by atoms with Gasteiger partial charge in [-0.25, -0.2) is 4.68 Å². The summed E-state index contributed by atoms with van der Waals surface area (Å²) in [5.74, 6) is 0.669. The molecule has 4 aromatic rings. The topological polar surface area (TPSA) is 81.5 Å². The largest absolute Gasteiger partial charge is 0.492 e. The van der Waals surface area contributed by atoms with E-state index in [2.05, 4.69) is 36.5 Å². The summed E-state index contributed by atoms with van der Waals surface area (Å²) in [4.78, 5) is 14.8. The lowest BCUT2D eigenvalue weighted by Crippen LogP contribution is -2.38. The van der Waals surface area contributed by atoms with Gasteiger partial charge in [-0.3, -0.25) is 9.69 Å². The normalized spacial score (nSPS) is 13.9. The number of carbonyl (C=O) groups is 1. The van der Waals surface area contributed by atoms with Crippen LogP contribution in [0.15, 0.2) is 83.5 Å². The van der Waals surface area contributed by atoms with Crippen LogP contribution in [0.2, 0.25) is 0 Å². The van der Waals surface area contributed by atoms with Gasteiger partial charge in [0.2, 0.25) is 0 Å². The van der Waals surface area contributed by atoms with Gasteiger partial charge in [-0.15, -0.1) is 5.10 Å². The fourth-order valence-electron chi connectivity index (χ4n) is 3.86. The van der Waals surface area contributed by atoms with Crippen LogP contribution in [0, 0.1) is 0 Å². The number of amides is 1. The Bertz CT molecular complexity index is 1280. The zero-order valence-corrected chi connectivity index (χ0v) is 21.2. The van der Waals surface area contributed by atoms with Crippen molar-refractivity contribution in [3.8, 4) is 22.7 Å². The highest BCUT2D eigenvalue weighted by molar-refractivity contribution is 9.10. The number of anilines is 1. The molecule has 8 nitrogen and oxygen atoms in total. The van der Waals surface area contributed by atoms with Crippen molar-refractivity contribution < 1.29 is 14.3 Å². The van der Waals surface area contributed by atoms with Crippen molar-refractivity contribution in [1.29, 1.82) is 0 Å². The number of morpholine rings is 1. The van der Waals surface area contributed by atoms with Crippen LogP contribution in [0.5, 0.6) is 5.75 Å². The van der Waals surface area contributed by atoms with E-state index in [1.165, 1.54) is 0 Å². The van der Waals surface area contributed by atoms with Crippen LogP contribution < -0.4 is 10.1 Å². The fourth-order valence-corrected chi connectivity index (χ4v) is 4.13. The molecule has 3 aromatic carbocycles. The average molecular weight is 548 g/mol. The third-order valence-corrected chi connectivity index (χ3v) is 6.45. The molecule has 0 saturated carbocycles. The molecule has 1 N–H and O–H groups in total. The summed E-state index contributed by atoms with van der Waals surface area (Å²) >= 11 is 3.38. The zero-order chi connectivity index (χ0) is 24.7. The van der Waals surface area contributed by atoms with Crippen molar-refractivity contribution in [3.05, 3.63) is 89.0 Å². The molecule has 0 unspecified atom stereocenters. The maximum atomic E-state index is 12.4. The lowest BCUT2D eigenvalue weighted by molar-refractivity contribution is 0.0322. The number of hydrogen-bond donors (Lipinski definition) is 1. The average Bonchev–Trinajstić information content (AvgIpc) is 3.41. The summed E-state index contributed by atoms with van der Waals surface area (Å²) in [6, 6.07) is 22.6. The summed E-state index contributed by atoms with van der Waals surface area (Å²) < 4.78 is 13.9. The molecule has 1 fully saturated rings. The number of benzene rings is 3. The number of hydrogen-bond acceptors (Lipinski definition) is 6. The Morgan fingerprint density at radius 3 is 2.42 bits per heavy atom.